The third-order valence-corrected chi connectivity index (χ3v) is 5.13. The number of aromatic nitrogens is 1. The van der Waals surface area contributed by atoms with E-state index in [0.29, 0.717) is 16.5 Å². The Kier molecular flexibility index (Phi) is 3.31. The van der Waals surface area contributed by atoms with Crippen molar-refractivity contribution in [3.63, 3.8) is 0 Å². The summed E-state index contributed by atoms with van der Waals surface area (Å²) in [5.74, 6) is 1.20. The van der Waals surface area contributed by atoms with Crippen LogP contribution in [-0.4, -0.2) is 10.9 Å². The largest absolute Gasteiger partial charge is 0.466 e. The summed E-state index contributed by atoms with van der Waals surface area (Å²) < 4.78 is 5.42. The van der Waals surface area contributed by atoms with E-state index in [1.807, 2.05) is 13.0 Å². The lowest BCUT2D eigenvalue weighted by Crippen LogP contribution is -2.11. The van der Waals surface area contributed by atoms with Gasteiger partial charge < -0.3 is 4.42 Å². The van der Waals surface area contributed by atoms with Gasteiger partial charge in [0.2, 0.25) is 0 Å². The number of nitrogens with zero attached hydrogens (tertiary/aromatic N) is 1. The Labute approximate surface area is 138 Å². The minimum absolute atomic E-state index is 0.168. The zero-order chi connectivity index (χ0) is 16.0. The monoisotopic (exact) mass is 324 g/mol. The summed E-state index contributed by atoms with van der Waals surface area (Å²) in [6, 6.07) is 10.1. The predicted molar refractivity (Wildman–Crippen MR) is 91.1 cm³/mol. The van der Waals surface area contributed by atoms with Gasteiger partial charge in [-0.2, -0.15) is 0 Å². The summed E-state index contributed by atoms with van der Waals surface area (Å²) in [6.45, 7) is 3.63. The van der Waals surface area contributed by atoms with Gasteiger partial charge in [-0.1, -0.05) is 24.3 Å². The van der Waals surface area contributed by atoms with E-state index in [1.54, 1.807) is 24.3 Å². The standard InChI is InChI=1S/C18H16N2O2S/c1-10-9-14(11(2)22-10)17(21)20-18-19-16-13-6-4-3-5-12(13)7-8-15(16)23-18/h3-6,9H,7-8H2,1-2H3,(H,19,20,21). The number of anilines is 1. The number of fused-ring (bicyclic) bond motifs is 3. The normalized spacial score (nSPS) is 12.6. The average Bonchev–Trinajstić information content (AvgIpc) is 3.09. The lowest BCUT2D eigenvalue weighted by atomic mass is 9.94. The predicted octanol–water partition coefficient (Wildman–Crippen LogP) is 4.37. The number of carbonyl (C=O) groups excluding carboxylic acids is 1. The molecule has 0 bridgehead atoms. The number of amides is 1. The van der Waals surface area contributed by atoms with Gasteiger partial charge in [-0.05, 0) is 38.3 Å². The van der Waals surface area contributed by atoms with Crippen LogP contribution in [0.1, 0.15) is 32.3 Å². The van der Waals surface area contributed by atoms with Crippen LogP contribution >= 0.6 is 11.3 Å². The fourth-order valence-corrected chi connectivity index (χ4v) is 3.99. The number of carbonyl (C=O) groups is 1. The second-order valence-corrected chi connectivity index (χ2v) is 6.81. The first-order chi connectivity index (χ1) is 11.1. The van der Waals surface area contributed by atoms with Crippen molar-refractivity contribution < 1.29 is 9.21 Å². The summed E-state index contributed by atoms with van der Waals surface area (Å²) in [5, 5.41) is 3.56. The van der Waals surface area contributed by atoms with Crippen LogP contribution < -0.4 is 5.32 Å². The molecule has 1 aromatic carbocycles. The molecular weight excluding hydrogens is 308 g/mol. The van der Waals surface area contributed by atoms with Gasteiger partial charge in [-0.25, -0.2) is 4.98 Å². The lowest BCUT2D eigenvalue weighted by Gasteiger charge is -2.13. The van der Waals surface area contributed by atoms with Crippen LogP contribution in [-0.2, 0) is 12.8 Å². The molecule has 0 atom stereocenters. The minimum Gasteiger partial charge on any atom is -0.466 e. The van der Waals surface area contributed by atoms with Crippen molar-refractivity contribution in [2.75, 3.05) is 5.32 Å². The molecule has 23 heavy (non-hydrogen) atoms. The van der Waals surface area contributed by atoms with Crippen molar-refractivity contribution in [3.8, 4) is 11.3 Å². The van der Waals surface area contributed by atoms with E-state index >= 15 is 0 Å². The van der Waals surface area contributed by atoms with Crippen LogP contribution in [0.3, 0.4) is 0 Å². The van der Waals surface area contributed by atoms with E-state index in [1.165, 1.54) is 16.0 Å². The van der Waals surface area contributed by atoms with E-state index < -0.39 is 0 Å². The second-order valence-electron chi connectivity index (χ2n) is 5.73. The molecule has 0 fully saturated rings. The van der Waals surface area contributed by atoms with E-state index in [-0.39, 0.29) is 5.91 Å². The Morgan fingerprint density at radius 1 is 1.26 bits per heavy atom. The molecule has 0 saturated carbocycles. The van der Waals surface area contributed by atoms with Gasteiger partial charge in [0.25, 0.3) is 5.91 Å². The molecule has 2 heterocycles. The number of aryl methyl sites for hydroxylation is 4. The molecule has 116 valence electrons. The Morgan fingerprint density at radius 2 is 2.09 bits per heavy atom. The van der Waals surface area contributed by atoms with Crippen LogP contribution in [0.15, 0.2) is 34.7 Å². The SMILES string of the molecule is Cc1cc(C(=O)Nc2nc3c(s2)CCc2ccccc2-3)c(C)o1. The summed E-state index contributed by atoms with van der Waals surface area (Å²) in [4.78, 5) is 18.3. The third-order valence-electron chi connectivity index (χ3n) is 4.10. The zero-order valence-electron chi connectivity index (χ0n) is 13.0. The smallest absolute Gasteiger partial charge is 0.260 e. The molecule has 5 heteroatoms. The quantitative estimate of drug-likeness (QED) is 0.761. The third kappa shape index (κ3) is 2.47. The first-order valence-corrected chi connectivity index (χ1v) is 8.40. The topological polar surface area (TPSA) is 55.1 Å². The van der Waals surface area contributed by atoms with Gasteiger partial charge >= 0.3 is 0 Å². The van der Waals surface area contributed by atoms with Crippen molar-refractivity contribution in [1.29, 1.82) is 0 Å². The van der Waals surface area contributed by atoms with Gasteiger partial charge in [0.15, 0.2) is 5.13 Å². The Hall–Kier alpha value is -2.40. The number of rotatable bonds is 2. The minimum atomic E-state index is -0.168. The van der Waals surface area contributed by atoms with E-state index in [2.05, 4.69) is 28.5 Å². The van der Waals surface area contributed by atoms with Crippen molar-refractivity contribution in [2.45, 2.75) is 26.7 Å². The molecule has 0 spiro atoms. The van der Waals surface area contributed by atoms with Gasteiger partial charge in [-0.3, -0.25) is 10.1 Å². The van der Waals surface area contributed by atoms with E-state index in [0.717, 1.165) is 24.3 Å². The molecule has 1 amide bonds. The van der Waals surface area contributed by atoms with Gasteiger partial charge in [-0.15, -0.1) is 11.3 Å². The fourth-order valence-electron chi connectivity index (χ4n) is 3.02. The van der Waals surface area contributed by atoms with Crippen molar-refractivity contribution in [3.05, 3.63) is 57.9 Å². The highest BCUT2D eigenvalue weighted by Crippen LogP contribution is 2.38. The molecule has 0 aliphatic heterocycles. The summed E-state index contributed by atoms with van der Waals surface area (Å²) >= 11 is 1.56. The molecule has 2 aromatic heterocycles. The van der Waals surface area contributed by atoms with E-state index in [4.69, 9.17) is 4.42 Å². The molecule has 1 N–H and O–H groups in total. The Balaban J connectivity index is 1.64. The highest BCUT2D eigenvalue weighted by atomic mass is 32.1. The van der Waals surface area contributed by atoms with Crippen LogP contribution in [0, 0.1) is 13.8 Å². The summed E-state index contributed by atoms with van der Waals surface area (Å²) in [7, 11) is 0. The maximum Gasteiger partial charge on any atom is 0.260 e. The number of nitrogens with one attached hydrogen (secondary N) is 1. The molecule has 0 unspecified atom stereocenters. The summed E-state index contributed by atoms with van der Waals surface area (Å²) in [6.07, 6.45) is 2.00. The molecule has 4 nitrogen and oxygen atoms in total. The molecule has 0 radical (unpaired) electrons. The Bertz CT molecular complexity index is 908. The number of thiazole rings is 1. The van der Waals surface area contributed by atoms with Gasteiger partial charge in [0, 0.05) is 10.4 Å². The second kappa shape index (κ2) is 5.35. The Morgan fingerprint density at radius 3 is 2.87 bits per heavy atom. The molecule has 3 aromatic rings. The van der Waals surface area contributed by atoms with E-state index in [9.17, 15) is 4.79 Å². The number of hydrogen-bond donors (Lipinski definition) is 1. The van der Waals surface area contributed by atoms with Crippen LogP contribution in [0.25, 0.3) is 11.3 Å². The zero-order valence-corrected chi connectivity index (χ0v) is 13.8. The average molecular weight is 324 g/mol. The highest BCUT2D eigenvalue weighted by molar-refractivity contribution is 7.16. The molecule has 4 rings (SSSR count). The van der Waals surface area contributed by atoms with Crippen LogP contribution in [0.5, 0.6) is 0 Å². The van der Waals surface area contributed by atoms with Gasteiger partial charge in [0.05, 0.1) is 11.3 Å². The van der Waals surface area contributed by atoms with Gasteiger partial charge in [0.1, 0.15) is 11.5 Å². The molecule has 0 saturated heterocycles. The fraction of sp³-hybridized carbons (Fsp3) is 0.222. The summed E-state index contributed by atoms with van der Waals surface area (Å²) in [5.41, 5.74) is 4.08. The van der Waals surface area contributed by atoms with Crippen molar-refractivity contribution >= 4 is 22.4 Å². The van der Waals surface area contributed by atoms with Crippen LogP contribution in [0.2, 0.25) is 0 Å². The molecule has 1 aliphatic carbocycles. The number of hydrogen-bond acceptors (Lipinski definition) is 4. The number of benzene rings is 1. The van der Waals surface area contributed by atoms with Crippen LogP contribution in [0.4, 0.5) is 5.13 Å². The molecule has 1 aliphatic rings. The highest BCUT2D eigenvalue weighted by Gasteiger charge is 2.22. The first kappa shape index (κ1) is 14.2. The first-order valence-electron chi connectivity index (χ1n) is 7.58. The molecular formula is C18H16N2O2S. The maximum absolute atomic E-state index is 12.4. The lowest BCUT2D eigenvalue weighted by molar-refractivity contribution is 0.102. The van der Waals surface area contributed by atoms with Crippen molar-refractivity contribution in [1.82, 2.24) is 4.98 Å². The number of furan rings is 1. The maximum atomic E-state index is 12.4. The van der Waals surface area contributed by atoms with Crippen molar-refractivity contribution in [2.24, 2.45) is 0 Å².